The van der Waals surface area contributed by atoms with E-state index in [1.807, 2.05) is 42.5 Å². The Morgan fingerprint density at radius 2 is 1.82 bits per heavy atom. The van der Waals surface area contributed by atoms with Crippen molar-refractivity contribution in [2.75, 3.05) is 5.43 Å². The van der Waals surface area contributed by atoms with E-state index in [1.165, 1.54) is 33.7 Å². The van der Waals surface area contributed by atoms with Crippen LogP contribution in [0.1, 0.15) is 31.9 Å². The van der Waals surface area contributed by atoms with E-state index < -0.39 is 0 Å². The van der Waals surface area contributed by atoms with Crippen LogP contribution in [0.2, 0.25) is 0 Å². The van der Waals surface area contributed by atoms with Crippen molar-refractivity contribution in [1.29, 1.82) is 0 Å². The molecule has 0 bridgehead atoms. The van der Waals surface area contributed by atoms with Crippen molar-refractivity contribution in [1.82, 2.24) is 9.99 Å². The molecule has 0 aliphatic carbocycles. The molecule has 2 heterocycles. The minimum atomic E-state index is -0.158. The second kappa shape index (κ2) is 7.31. The molecule has 4 nitrogen and oxygen atoms in total. The second-order valence-electron chi connectivity index (χ2n) is 7.49. The molecule has 0 unspecified atom stereocenters. The van der Waals surface area contributed by atoms with Gasteiger partial charge in [-0.1, -0.05) is 80.3 Å². The van der Waals surface area contributed by atoms with Crippen LogP contribution < -0.4 is 5.43 Å². The number of thiazole rings is 1. The number of hydrazine groups is 1. The number of aromatic nitrogens is 1. The lowest BCUT2D eigenvalue weighted by Crippen LogP contribution is -2.33. The van der Waals surface area contributed by atoms with Crippen LogP contribution in [0.5, 0.6) is 0 Å². The van der Waals surface area contributed by atoms with Gasteiger partial charge in [-0.15, -0.1) is 0 Å². The summed E-state index contributed by atoms with van der Waals surface area (Å²) >= 11 is 8.19. The van der Waals surface area contributed by atoms with Crippen LogP contribution in [0.15, 0.2) is 53.4 Å². The SMILES string of the molecule is CC(C)(C)c1ccc(/C=C2\SC(=S)N(Nc3nc4ccccc4s3)C2=O)cc1. The summed E-state index contributed by atoms with van der Waals surface area (Å²) in [7, 11) is 0. The van der Waals surface area contributed by atoms with Crippen molar-refractivity contribution >= 4 is 67.0 Å². The highest BCUT2D eigenvalue weighted by Crippen LogP contribution is 2.34. The number of thioether (sulfide) groups is 1. The Bertz CT molecular complexity index is 1060. The molecule has 3 aromatic rings. The maximum absolute atomic E-state index is 12.8. The zero-order chi connectivity index (χ0) is 19.9. The van der Waals surface area contributed by atoms with Crippen molar-refractivity contribution < 1.29 is 4.79 Å². The number of hydrogen-bond donors (Lipinski definition) is 1. The summed E-state index contributed by atoms with van der Waals surface area (Å²) in [5, 5.41) is 2.04. The van der Waals surface area contributed by atoms with Crippen molar-refractivity contribution in [2.24, 2.45) is 0 Å². The van der Waals surface area contributed by atoms with Gasteiger partial charge < -0.3 is 0 Å². The van der Waals surface area contributed by atoms with Crippen LogP contribution in [0.3, 0.4) is 0 Å². The number of nitrogens with one attached hydrogen (secondary N) is 1. The van der Waals surface area contributed by atoms with Crippen molar-refractivity contribution in [2.45, 2.75) is 26.2 Å². The van der Waals surface area contributed by atoms with Gasteiger partial charge >= 0.3 is 0 Å². The monoisotopic (exact) mass is 425 g/mol. The molecule has 1 aliphatic heterocycles. The third-order valence-corrected chi connectivity index (χ3v) is 6.61. The molecule has 142 valence electrons. The third kappa shape index (κ3) is 3.83. The molecule has 1 fully saturated rings. The zero-order valence-corrected chi connectivity index (χ0v) is 18.2. The molecule has 0 atom stereocenters. The molecule has 4 rings (SSSR count). The fourth-order valence-electron chi connectivity index (χ4n) is 2.81. The third-order valence-electron chi connectivity index (χ3n) is 4.37. The fourth-order valence-corrected chi connectivity index (χ4v) is 4.84. The van der Waals surface area contributed by atoms with Gasteiger partial charge in [-0.3, -0.25) is 10.2 Å². The number of carbonyl (C=O) groups is 1. The molecule has 1 aromatic heterocycles. The average Bonchev–Trinajstić information content (AvgIpc) is 3.17. The predicted octanol–water partition coefficient (Wildman–Crippen LogP) is 5.82. The highest BCUT2D eigenvalue weighted by atomic mass is 32.2. The van der Waals surface area contributed by atoms with E-state index in [4.69, 9.17) is 12.2 Å². The number of thiocarbonyl (C=S) groups is 1. The Balaban J connectivity index is 1.54. The maximum atomic E-state index is 12.8. The topological polar surface area (TPSA) is 45.2 Å². The largest absolute Gasteiger partial charge is 0.285 e. The summed E-state index contributed by atoms with van der Waals surface area (Å²) in [4.78, 5) is 17.9. The van der Waals surface area contributed by atoms with Gasteiger partial charge in [0.15, 0.2) is 4.32 Å². The number of fused-ring (bicyclic) bond motifs is 1. The normalized spacial score (nSPS) is 16.4. The van der Waals surface area contributed by atoms with Crippen molar-refractivity contribution in [3.8, 4) is 0 Å². The minimum absolute atomic E-state index is 0.100. The molecule has 0 radical (unpaired) electrons. The van der Waals surface area contributed by atoms with Crippen LogP contribution in [0.25, 0.3) is 16.3 Å². The first-order chi connectivity index (χ1) is 13.3. The van der Waals surface area contributed by atoms with Gasteiger partial charge in [-0.2, -0.15) is 5.01 Å². The lowest BCUT2D eigenvalue weighted by Gasteiger charge is -2.18. The Labute approximate surface area is 177 Å². The Morgan fingerprint density at radius 1 is 1.11 bits per heavy atom. The van der Waals surface area contributed by atoms with E-state index in [-0.39, 0.29) is 11.3 Å². The molecule has 1 aliphatic rings. The Kier molecular flexibility index (Phi) is 4.99. The van der Waals surface area contributed by atoms with Crippen molar-refractivity contribution in [3.63, 3.8) is 0 Å². The second-order valence-corrected chi connectivity index (χ2v) is 10.2. The van der Waals surface area contributed by atoms with Gasteiger partial charge in [0, 0.05) is 0 Å². The molecule has 1 N–H and O–H groups in total. The maximum Gasteiger partial charge on any atom is 0.285 e. The van der Waals surface area contributed by atoms with E-state index >= 15 is 0 Å². The number of hydrogen-bond acceptors (Lipinski definition) is 6. The van der Waals surface area contributed by atoms with Crippen molar-refractivity contribution in [3.05, 3.63) is 64.6 Å². The molecule has 1 saturated heterocycles. The number of benzene rings is 2. The number of amides is 1. The highest BCUT2D eigenvalue weighted by molar-refractivity contribution is 8.26. The number of carbonyl (C=O) groups excluding carboxylic acids is 1. The Morgan fingerprint density at radius 3 is 2.50 bits per heavy atom. The number of para-hydroxylation sites is 1. The fraction of sp³-hybridized carbons (Fsp3) is 0.190. The standard InChI is InChI=1S/C21H19N3OS3/c1-21(2,3)14-10-8-13(9-11-14)12-17-18(25)24(20(26)28-17)23-19-22-15-6-4-5-7-16(15)27-19/h4-12H,1-3H3,(H,22,23)/b17-12-. The van der Waals surface area contributed by atoms with Gasteiger partial charge in [-0.25, -0.2) is 4.98 Å². The molecule has 1 amide bonds. The number of nitrogens with zero attached hydrogens (tertiary/aromatic N) is 2. The molecule has 0 saturated carbocycles. The molecule has 2 aromatic carbocycles. The molecular weight excluding hydrogens is 406 g/mol. The van der Waals surface area contributed by atoms with E-state index in [2.05, 4.69) is 43.3 Å². The first-order valence-electron chi connectivity index (χ1n) is 8.82. The summed E-state index contributed by atoms with van der Waals surface area (Å²) in [6.07, 6.45) is 1.88. The van der Waals surface area contributed by atoms with Gasteiger partial charge in [0.1, 0.15) is 0 Å². The van der Waals surface area contributed by atoms with Crippen LogP contribution >= 0.6 is 35.3 Å². The summed E-state index contributed by atoms with van der Waals surface area (Å²) < 4.78 is 1.53. The van der Waals surface area contributed by atoms with Crippen LogP contribution in [-0.4, -0.2) is 20.2 Å². The minimum Gasteiger partial charge on any atom is -0.266 e. The first-order valence-corrected chi connectivity index (χ1v) is 10.9. The zero-order valence-electron chi connectivity index (χ0n) is 15.7. The van der Waals surface area contributed by atoms with Crippen LogP contribution in [-0.2, 0) is 10.2 Å². The summed E-state index contributed by atoms with van der Waals surface area (Å²) in [5.74, 6) is -0.158. The summed E-state index contributed by atoms with van der Waals surface area (Å²) in [6.45, 7) is 6.54. The molecule has 7 heteroatoms. The van der Waals surface area contributed by atoms with Gasteiger partial charge in [0.2, 0.25) is 5.13 Å². The van der Waals surface area contributed by atoms with Crippen LogP contribution in [0.4, 0.5) is 5.13 Å². The number of anilines is 1. The smallest absolute Gasteiger partial charge is 0.266 e. The van der Waals surface area contributed by atoms with Crippen LogP contribution in [0, 0.1) is 0 Å². The summed E-state index contributed by atoms with van der Waals surface area (Å²) in [5.41, 5.74) is 6.30. The van der Waals surface area contributed by atoms with Gasteiger partial charge in [0.25, 0.3) is 5.91 Å². The first kappa shape index (κ1) is 19.1. The van der Waals surface area contributed by atoms with E-state index in [9.17, 15) is 4.79 Å². The summed E-state index contributed by atoms with van der Waals surface area (Å²) in [6, 6.07) is 16.1. The van der Waals surface area contributed by atoms with E-state index in [0.29, 0.717) is 14.4 Å². The highest BCUT2D eigenvalue weighted by Gasteiger charge is 2.33. The lowest BCUT2D eigenvalue weighted by atomic mass is 9.87. The molecule has 0 spiro atoms. The van der Waals surface area contributed by atoms with Gasteiger partial charge in [0.05, 0.1) is 15.1 Å². The van der Waals surface area contributed by atoms with E-state index in [0.717, 1.165) is 15.8 Å². The quantitative estimate of drug-likeness (QED) is 0.423. The molecule has 28 heavy (non-hydrogen) atoms. The lowest BCUT2D eigenvalue weighted by molar-refractivity contribution is -0.121. The van der Waals surface area contributed by atoms with E-state index in [1.54, 1.807) is 0 Å². The molecular formula is C21H19N3OS3. The predicted molar refractivity (Wildman–Crippen MR) is 123 cm³/mol. The average molecular weight is 426 g/mol. The van der Waals surface area contributed by atoms with Gasteiger partial charge in [-0.05, 0) is 47.0 Å². The Hall–Kier alpha value is -2.22. The number of rotatable bonds is 3.